The molecule has 1 aliphatic heterocycles. The monoisotopic (exact) mass is 303 g/mol. The number of aromatic nitrogens is 3. The number of hydrogen-bond acceptors (Lipinski definition) is 6. The first-order valence-electron chi connectivity index (χ1n) is 7.22. The average molecular weight is 303 g/mol. The molecule has 3 rings (SSSR count). The maximum atomic E-state index is 13.2. The van der Waals surface area contributed by atoms with E-state index in [0.717, 1.165) is 37.4 Å². The van der Waals surface area contributed by atoms with Gasteiger partial charge < -0.3 is 15.0 Å². The van der Waals surface area contributed by atoms with Crippen molar-refractivity contribution in [3.8, 4) is 5.88 Å². The molecule has 1 saturated heterocycles. The molecule has 2 aromatic heterocycles. The van der Waals surface area contributed by atoms with Crippen LogP contribution in [-0.2, 0) is 6.42 Å². The lowest BCUT2D eigenvalue weighted by Crippen LogP contribution is -2.44. The Balaban J connectivity index is 1.86. The number of hydrogen-bond donors (Lipinski definition) is 1. The van der Waals surface area contributed by atoms with Gasteiger partial charge in [-0.2, -0.15) is 9.37 Å². The quantitative estimate of drug-likeness (QED) is 0.851. The summed E-state index contributed by atoms with van der Waals surface area (Å²) < 4.78 is 18.5. The average Bonchev–Trinajstić information content (AvgIpc) is 2.55. The minimum atomic E-state index is -0.485. The van der Waals surface area contributed by atoms with Crippen LogP contribution in [0.1, 0.15) is 11.3 Å². The van der Waals surface area contributed by atoms with Crippen molar-refractivity contribution >= 4 is 5.95 Å². The Kier molecular flexibility index (Phi) is 4.43. The van der Waals surface area contributed by atoms with Gasteiger partial charge in [-0.25, -0.2) is 9.97 Å². The van der Waals surface area contributed by atoms with E-state index in [0.29, 0.717) is 18.2 Å². The summed E-state index contributed by atoms with van der Waals surface area (Å²) in [6.45, 7) is 3.53. The third-order valence-electron chi connectivity index (χ3n) is 3.53. The third kappa shape index (κ3) is 3.48. The van der Waals surface area contributed by atoms with Crippen LogP contribution in [0.2, 0.25) is 0 Å². The summed E-state index contributed by atoms with van der Waals surface area (Å²) >= 11 is 0. The fourth-order valence-electron chi connectivity index (χ4n) is 2.42. The van der Waals surface area contributed by atoms with Crippen molar-refractivity contribution in [1.29, 1.82) is 0 Å². The minimum Gasteiger partial charge on any atom is -0.481 e. The summed E-state index contributed by atoms with van der Waals surface area (Å²) in [7, 11) is 1.58. The maximum Gasteiger partial charge on any atom is 0.228 e. The third-order valence-corrected chi connectivity index (χ3v) is 3.53. The highest BCUT2D eigenvalue weighted by Crippen LogP contribution is 2.18. The van der Waals surface area contributed by atoms with Crippen LogP contribution in [0.15, 0.2) is 24.4 Å². The van der Waals surface area contributed by atoms with Crippen LogP contribution in [0.25, 0.3) is 0 Å². The zero-order valence-electron chi connectivity index (χ0n) is 12.4. The van der Waals surface area contributed by atoms with Crippen LogP contribution in [-0.4, -0.2) is 48.2 Å². The predicted octanol–water partition coefficient (Wildman–Crippen LogP) is 1.02. The zero-order valence-corrected chi connectivity index (χ0v) is 12.4. The molecule has 0 radical (unpaired) electrons. The van der Waals surface area contributed by atoms with E-state index in [9.17, 15) is 4.39 Å². The smallest absolute Gasteiger partial charge is 0.228 e. The van der Waals surface area contributed by atoms with E-state index in [2.05, 4.69) is 25.2 Å². The van der Waals surface area contributed by atoms with Gasteiger partial charge in [0.2, 0.25) is 17.8 Å². The van der Waals surface area contributed by atoms with Gasteiger partial charge in [0.25, 0.3) is 0 Å². The highest BCUT2D eigenvalue weighted by Gasteiger charge is 2.15. The number of methoxy groups -OCH3 is 1. The number of nitrogens with zero attached hydrogens (tertiary/aromatic N) is 4. The lowest BCUT2D eigenvalue weighted by molar-refractivity contribution is 0.395. The number of anilines is 1. The van der Waals surface area contributed by atoms with Crippen molar-refractivity contribution < 1.29 is 9.13 Å². The highest BCUT2D eigenvalue weighted by molar-refractivity contribution is 5.36. The summed E-state index contributed by atoms with van der Waals surface area (Å²) in [5.74, 6) is 0.694. The molecule has 116 valence electrons. The summed E-state index contributed by atoms with van der Waals surface area (Å²) in [6, 6.07) is 4.98. The Bertz CT molecular complexity index is 646. The number of ether oxygens (including phenoxy) is 1. The van der Waals surface area contributed by atoms with Crippen molar-refractivity contribution in [2.45, 2.75) is 6.42 Å². The normalized spacial score (nSPS) is 14.9. The first-order valence-corrected chi connectivity index (χ1v) is 7.22. The summed E-state index contributed by atoms with van der Waals surface area (Å²) in [5, 5.41) is 3.30. The largest absolute Gasteiger partial charge is 0.481 e. The second kappa shape index (κ2) is 6.65. The van der Waals surface area contributed by atoms with Gasteiger partial charge in [-0.1, -0.05) is 0 Å². The van der Waals surface area contributed by atoms with E-state index in [-0.39, 0.29) is 0 Å². The predicted molar refractivity (Wildman–Crippen MR) is 80.7 cm³/mol. The van der Waals surface area contributed by atoms with Gasteiger partial charge in [0, 0.05) is 44.9 Å². The van der Waals surface area contributed by atoms with E-state index in [1.165, 1.54) is 12.3 Å². The fourth-order valence-corrected chi connectivity index (χ4v) is 2.42. The van der Waals surface area contributed by atoms with Crippen molar-refractivity contribution in [1.82, 2.24) is 20.3 Å². The van der Waals surface area contributed by atoms with Gasteiger partial charge in [0.15, 0.2) is 0 Å². The van der Waals surface area contributed by atoms with Gasteiger partial charge >= 0.3 is 0 Å². The number of rotatable bonds is 4. The van der Waals surface area contributed by atoms with E-state index >= 15 is 0 Å². The molecule has 0 bridgehead atoms. The summed E-state index contributed by atoms with van der Waals surface area (Å²) in [4.78, 5) is 14.7. The van der Waals surface area contributed by atoms with Gasteiger partial charge in [-0.05, 0) is 17.7 Å². The highest BCUT2D eigenvalue weighted by atomic mass is 19.1. The number of pyridine rings is 1. The van der Waals surface area contributed by atoms with Crippen LogP contribution >= 0.6 is 0 Å². The number of nitrogens with one attached hydrogen (secondary N) is 1. The van der Waals surface area contributed by atoms with Gasteiger partial charge in [0.1, 0.15) is 0 Å². The van der Waals surface area contributed by atoms with E-state index in [4.69, 9.17) is 4.74 Å². The minimum absolute atomic E-state index is 0.485. The van der Waals surface area contributed by atoms with Crippen LogP contribution < -0.4 is 15.0 Å². The van der Waals surface area contributed by atoms with Crippen molar-refractivity contribution in [3.05, 3.63) is 41.6 Å². The SMILES string of the molecule is COc1cc(Cc2ccnc(F)c2)nc(N2CCNCC2)n1. The first kappa shape index (κ1) is 14.6. The molecular weight excluding hydrogens is 285 g/mol. The molecule has 7 heteroatoms. The molecule has 0 atom stereocenters. The standard InChI is InChI=1S/C15H18FN5O/c1-22-14-10-12(8-11-2-3-18-13(16)9-11)19-15(20-14)21-6-4-17-5-7-21/h2-3,9-10,17H,4-8H2,1H3. The van der Waals surface area contributed by atoms with Crippen molar-refractivity contribution in [2.24, 2.45) is 0 Å². The second-order valence-corrected chi connectivity index (χ2v) is 5.10. The van der Waals surface area contributed by atoms with Crippen molar-refractivity contribution in [2.75, 3.05) is 38.2 Å². The number of piperazine rings is 1. The fraction of sp³-hybridized carbons (Fsp3) is 0.400. The lowest BCUT2D eigenvalue weighted by atomic mass is 10.1. The van der Waals surface area contributed by atoms with Crippen LogP contribution in [0.4, 0.5) is 10.3 Å². The van der Waals surface area contributed by atoms with Gasteiger partial charge in [-0.15, -0.1) is 0 Å². The maximum absolute atomic E-state index is 13.2. The molecule has 0 spiro atoms. The summed E-state index contributed by atoms with van der Waals surface area (Å²) in [6.07, 6.45) is 1.97. The first-order chi connectivity index (χ1) is 10.7. The molecule has 2 aromatic rings. The Hall–Kier alpha value is -2.28. The van der Waals surface area contributed by atoms with Gasteiger partial charge in [-0.3, -0.25) is 0 Å². The molecule has 22 heavy (non-hydrogen) atoms. The molecule has 1 N–H and O–H groups in total. The van der Waals surface area contributed by atoms with E-state index in [1.807, 2.05) is 0 Å². The molecule has 0 unspecified atom stereocenters. The Morgan fingerprint density at radius 1 is 1.27 bits per heavy atom. The zero-order chi connectivity index (χ0) is 15.4. The lowest BCUT2D eigenvalue weighted by Gasteiger charge is -2.27. The summed E-state index contributed by atoms with van der Waals surface area (Å²) in [5.41, 5.74) is 1.62. The topological polar surface area (TPSA) is 63.2 Å². The van der Waals surface area contributed by atoms with Crippen LogP contribution in [0.5, 0.6) is 5.88 Å². The molecule has 0 aromatic carbocycles. The molecule has 0 amide bonds. The second-order valence-electron chi connectivity index (χ2n) is 5.10. The molecule has 6 nitrogen and oxygen atoms in total. The molecule has 0 saturated carbocycles. The van der Waals surface area contributed by atoms with Crippen LogP contribution in [0.3, 0.4) is 0 Å². The molecule has 3 heterocycles. The molecular formula is C15H18FN5O. The molecule has 1 aliphatic rings. The number of halogens is 1. The molecule has 0 aliphatic carbocycles. The van der Waals surface area contributed by atoms with E-state index < -0.39 is 5.95 Å². The van der Waals surface area contributed by atoms with Crippen LogP contribution in [0, 0.1) is 5.95 Å². The Morgan fingerprint density at radius 3 is 2.82 bits per heavy atom. The Morgan fingerprint density at radius 2 is 2.09 bits per heavy atom. The van der Waals surface area contributed by atoms with E-state index in [1.54, 1.807) is 19.2 Å². The Labute approximate surface area is 128 Å². The van der Waals surface area contributed by atoms with Gasteiger partial charge in [0.05, 0.1) is 12.8 Å². The van der Waals surface area contributed by atoms with Crippen molar-refractivity contribution in [3.63, 3.8) is 0 Å². The molecule has 1 fully saturated rings.